The van der Waals surface area contributed by atoms with Gasteiger partial charge in [-0.05, 0) is 32.3 Å². The second-order valence-corrected chi connectivity index (χ2v) is 8.83. The van der Waals surface area contributed by atoms with Crippen molar-refractivity contribution in [3.05, 3.63) is 40.3 Å². The Morgan fingerprint density at radius 1 is 1.21 bits per heavy atom. The van der Waals surface area contributed by atoms with Crippen LogP contribution in [0.5, 0.6) is 0 Å². The molecule has 2 heterocycles. The minimum Gasteiger partial charge on any atom is -0.353 e. The molecule has 1 aliphatic carbocycles. The predicted octanol–water partition coefficient (Wildman–Crippen LogP) is 4.54. The molecule has 1 amide bonds. The summed E-state index contributed by atoms with van der Waals surface area (Å²) in [6, 6.07) is 8.32. The molecule has 0 atom stereocenters. The zero-order valence-corrected chi connectivity index (χ0v) is 17.2. The van der Waals surface area contributed by atoms with Gasteiger partial charge in [-0.15, -0.1) is 11.3 Å². The van der Waals surface area contributed by atoms with Crippen LogP contribution in [0.1, 0.15) is 57.1 Å². The van der Waals surface area contributed by atoms with E-state index in [0.717, 1.165) is 38.7 Å². The Labute approximate surface area is 168 Å². The molecular weight excluding hydrogens is 370 g/mol. The van der Waals surface area contributed by atoms with Crippen LogP contribution >= 0.6 is 11.3 Å². The zero-order chi connectivity index (χ0) is 19.5. The van der Waals surface area contributed by atoms with Crippen molar-refractivity contribution < 1.29 is 4.79 Å². The number of rotatable bonds is 5. The van der Waals surface area contributed by atoms with Gasteiger partial charge in [0.15, 0.2) is 0 Å². The standard InChI is InChI=1S/C22H27N3O2S/c1-15-21-20(17-11-6-7-12-18(17)28-21)22(27)25(24-15)14-8-13-19(26)23-16-9-4-2-3-5-10-16/h6-7,11-12,16H,2-5,8-10,13-14H2,1H3,(H,23,26). The number of thiophene rings is 1. The number of fused-ring (bicyclic) bond motifs is 3. The van der Waals surface area contributed by atoms with Gasteiger partial charge in [0, 0.05) is 29.1 Å². The van der Waals surface area contributed by atoms with Crippen molar-refractivity contribution in [2.24, 2.45) is 0 Å². The number of nitrogens with zero attached hydrogens (tertiary/aromatic N) is 2. The van der Waals surface area contributed by atoms with Gasteiger partial charge in [-0.1, -0.05) is 43.9 Å². The Morgan fingerprint density at radius 2 is 1.96 bits per heavy atom. The lowest BCUT2D eigenvalue weighted by molar-refractivity contribution is -0.122. The van der Waals surface area contributed by atoms with Gasteiger partial charge >= 0.3 is 0 Å². The highest BCUT2D eigenvalue weighted by Crippen LogP contribution is 2.32. The largest absolute Gasteiger partial charge is 0.353 e. The molecule has 0 unspecified atom stereocenters. The topological polar surface area (TPSA) is 64.0 Å². The summed E-state index contributed by atoms with van der Waals surface area (Å²) in [5.41, 5.74) is 0.820. The molecule has 28 heavy (non-hydrogen) atoms. The Bertz CT molecular complexity index is 1050. The van der Waals surface area contributed by atoms with Crippen LogP contribution in [0.4, 0.5) is 0 Å². The normalized spacial score (nSPS) is 15.8. The fourth-order valence-electron chi connectivity index (χ4n) is 4.18. The number of amides is 1. The van der Waals surface area contributed by atoms with Gasteiger partial charge < -0.3 is 5.32 Å². The first-order chi connectivity index (χ1) is 13.6. The third-order valence-electron chi connectivity index (χ3n) is 5.64. The van der Waals surface area contributed by atoms with Gasteiger partial charge in [0.1, 0.15) is 0 Å². The molecule has 148 valence electrons. The molecule has 3 aromatic rings. The molecule has 2 aromatic heterocycles. The van der Waals surface area contributed by atoms with Crippen LogP contribution in [0.2, 0.25) is 0 Å². The lowest BCUT2D eigenvalue weighted by Gasteiger charge is -2.16. The van der Waals surface area contributed by atoms with E-state index < -0.39 is 0 Å². The first kappa shape index (κ1) is 19.1. The van der Waals surface area contributed by atoms with Crippen molar-refractivity contribution in [2.75, 3.05) is 0 Å². The molecule has 1 N–H and O–H groups in total. The van der Waals surface area contributed by atoms with Crippen molar-refractivity contribution in [2.45, 2.75) is 70.9 Å². The Morgan fingerprint density at radius 3 is 2.75 bits per heavy atom. The fraction of sp³-hybridized carbons (Fsp3) is 0.500. The molecule has 0 spiro atoms. The first-order valence-corrected chi connectivity index (χ1v) is 11.1. The second-order valence-electron chi connectivity index (χ2n) is 7.78. The third kappa shape index (κ3) is 3.97. The molecule has 1 fully saturated rings. The van der Waals surface area contributed by atoms with Gasteiger partial charge in [0.25, 0.3) is 5.56 Å². The minimum atomic E-state index is -0.0535. The van der Waals surface area contributed by atoms with E-state index in [1.165, 1.54) is 30.4 Å². The maximum atomic E-state index is 13.0. The van der Waals surface area contributed by atoms with Crippen LogP contribution in [0.3, 0.4) is 0 Å². The summed E-state index contributed by atoms with van der Waals surface area (Å²) in [5.74, 6) is 0.0960. The number of nitrogens with one attached hydrogen (secondary N) is 1. The molecule has 4 rings (SSSR count). The van der Waals surface area contributed by atoms with Gasteiger partial charge in [-0.2, -0.15) is 5.10 Å². The van der Waals surface area contributed by atoms with Gasteiger partial charge in [-0.3, -0.25) is 9.59 Å². The van der Waals surface area contributed by atoms with Crippen molar-refractivity contribution in [3.8, 4) is 0 Å². The fourth-order valence-corrected chi connectivity index (χ4v) is 5.31. The summed E-state index contributed by atoms with van der Waals surface area (Å²) < 4.78 is 3.61. The quantitative estimate of drug-likeness (QED) is 0.643. The highest BCUT2D eigenvalue weighted by atomic mass is 32.1. The van der Waals surface area contributed by atoms with Gasteiger partial charge in [-0.25, -0.2) is 4.68 Å². The van der Waals surface area contributed by atoms with Crippen molar-refractivity contribution >= 4 is 37.4 Å². The lowest BCUT2D eigenvalue weighted by atomic mass is 10.1. The minimum absolute atomic E-state index is 0.0535. The number of benzene rings is 1. The van der Waals surface area contributed by atoms with Crippen LogP contribution in [-0.2, 0) is 11.3 Å². The SMILES string of the molecule is Cc1nn(CCCC(=O)NC2CCCCCC2)c(=O)c2c1sc1ccccc12. The Balaban J connectivity index is 1.45. The van der Waals surface area contributed by atoms with E-state index in [0.29, 0.717) is 25.4 Å². The zero-order valence-electron chi connectivity index (χ0n) is 16.4. The van der Waals surface area contributed by atoms with Crippen molar-refractivity contribution in [3.63, 3.8) is 0 Å². The summed E-state index contributed by atoms with van der Waals surface area (Å²) in [5, 5.41) is 9.44. The summed E-state index contributed by atoms with van der Waals surface area (Å²) in [4.78, 5) is 25.3. The molecule has 5 nitrogen and oxygen atoms in total. The Hall–Kier alpha value is -2.21. The highest BCUT2D eigenvalue weighted by molar-refractivity contribution is 7.26. The van der Waals surface area contributed by atoms with Gasteiger partial charge in [0.05, 0.1) is 15.8 Å². The first-order valence-electron chi connectivity index (χ1n) is 10.3. The number of hydrogen-bond donors (Lipinski definition) is 1. The summed E-state index contributed by atoms with van der Waals surface area (Å²) >= 11 is 1.62. The Kier molecular flexibility index (Phi) is 5.76. The van der Waals surface area contributed by atoms with Gasteiger partial charge in [0.2, 0.25) is 5.91 Å². The maximum Gasteiger partial charge on any atom is 0.276 e. The van der Waals surface area contributed by atoms with Crippen LogP contribution < -0.4 is 10.9 Å². The van der Waals surface area contributed by atoms with E-state index in [9.17, 15) is 9.59 Å². The number of carbonyl (C=O) groups is 1. The molecule has 6 heteroatoms. The predicted molar refractivity (Wildman–Crippen MR) is 115 cm³/mol. The molecule has 1 saturated carbocycles. The average Bonchev–Trinajstić information content (AvgIpc) is 2.90. The van der Waals surface area contributed by atoms with E-state index in [1.807, 2.05) is 31.2 Å². The summed E-state index contributed by atoms with van der Waals surface area (Å²) in [6.45, 7) is 2.42. The molecule has 0 bridgehead atoms. The number of hydrogen-bond acceptors (Lipinski definition) is 4. The highest BCUT2D eigenvalue weighted by Gasteiger charge is 2.16. The lowest BCUT2D eigenvalue weighted by Crippen LogP contribution is -2.34. The monoisotopic (exact) mass is 397 g/mol. The van der Waals surface area contributed by atoms with E-state index in [4.69, 9.17) is 0 Å². The van der Waals surface area contributed by atoms with Crippen LogP contribution in [0.15, 0.2) is 29.1 Å². The third-order valence-corrected chi connectivity index (χ3v) is 6.92. The van der Waals surface area contributed by atoms with E-state index in [2.05, 4.69) is 10.4 Å². The molecule has 1 aliphatic rings. The number of carbonyl (C=O) groups excluding carboxylic acids is 1. The average molecular weight is 398 g/mol. The molecule has 0 saturated heterocycles. The molecular formula is C22H27N3O2S. The second kappa shape index (κ2) is 8.43. The maximum absolute atomic E-state index is 13.0. The van der Waals surface area contributed by atoms with Crippen molar-refractivity contribution in [1.82, 2.24) is 15.1 Å². The van der Waals surface area contributed by atoms with Crippen LogP contribution in [-0.4, -0.2) is 21.7 Å². The number of aryl methyl sites for hydroxylation is 2. The van der Waals surface area contributed by atoms with E-state index in [-0.39, 0.29) is 11.5 Å². The van der Waals surface area contributed by atoms with E-state index in [1.54, 1.807) is 11.3 Å². The van der Waals surface area contributed by atoms with Crippen LogP contribution in [0, 0.1) is 6.92 Å². The molecule has 0 radical (unpaired) electrons. The summed E-state index contributed by atoms with van der Waals surface area (Å²) in [7, 11) is 0. The van der Waals surface area contributed by atoms with Crippen molar-refractivity contribution in [1.29, 1.82) is 0 Å². The van der Waals surface area contributed by atoms with E-state index >= 15 is 0 Å². The molecule has 0 aliphatic heterocycles. The van der Waals surface area contributed by atoms with Crippen LogP contribution in [0.25, 0.3) is 20.2 Å². The summed E-state index contributed by atoms with van der Waals surface area (Å²) in [6.07, 6.45) is 8.21. The molecule has 1 aromatic carbocycles. The number of aromatic nitrogens is 2. The smallest absolute Gasteiger partial charge is 0.276 e.